The van der Waals surface area contributed by atoms with Crippen molar-refractivity contribution in [3.05, 3.63) is 64.7 Å². The molecule has 1 heterocycles. The van der Waals surface area contributed by atoms with E-state index >= 15 is 0 Å². The largest absolute Gasteiger partial charge is 0.507 e. The molecular weight excluding hydrogens is 266 g/mol. The van der Waals surface area contributed by atoms with Gasteiger partial charge in [0.25, 0.3) is 5.91 Å². The van der Waals surface area contributed by atoms with E-state index in [1.54, 1.807) is 4.90 Å². The van der Waals surface area contributed by atoms with Crippen molar-refractivity contribution < 1.29 is 14.7 Å². The Kier molecular flexibility index (Phi) is 3.22. The predicted molar refractivity (Wildman–Crippen MR) is 78.1 cm³/mol. The zero-order chi connectivity index (χ0) is 15.0. The number of phenols is 1. The molecule has 0 fully saturated rings. The van der Waals surface area contributed by atoms with Crippen molar-refractivity contribution in [3.8, 4) is 5.75 Å². The van der Waals surface area contributed by atoms with Crippen LogP contribution in [-0.4, -0.2) is 21.7 Å². The van der Waals surface area contributed by atoms with Gasteiger partial charge in [-0.1, -0.05) is 24.3 Å². The van der Waals surface area contributed by atoms with Gasteiger partial charge < -0.3 is 10.0 Å². The number of aromatic hydroxyl groups is 1. The number of carbonyl (C=O) groups excluding carboxylic acids is 2. The van der Waals surface area contributed by atoms with Gasteiger partial charge in [-0.25, -0.2) is 0 Å². The Hall–Kier alpha value is -2.62. The SMILES string of the molecule is CC(=O)c1ccc(O)c(C(=O)N2Cc3ccccc3C2)c1. The van der Waals surface area contributed by atoms with Crippen molar-refractivity contribution in [2.24, 2.45) is 0 Å². The third-order valence-corrected chi connectivity index (χ3v) is 3.76. The lowest BCUT2D eigenvalue weighted by Gasteiger charge is -2.16. The van der Waals surface area contributed by atoms with Gasteiger partial charge >= 0.3 is 0 Å². The maximum Gasteiger partial charge on any atom is 0.258 e. The summed E-state index contributed by atoms with van der Waals surface area (Å²) in [6.45, 7) is 2.49. The maximum atomic E-state index is 12.6. The molecule has 0 aliphatic carbocycles. The average molecular weight is 281 g/mol. The van der Waals surface area contributed by atoms with Crippen LogP contribution in [0.25, 0.3) is 0 Å². The quantitative estimate of drug-likeness (QED) is 0.861. The van der Waals surface area contributed by atoms with E-state index in [2.05, 4.69) is 0 Å². The number of fused-ring (bicyclic) bond motifs is 1. The second-order valence-electron chi connectivity index (χ2n) is 5.22. The minimum Gasteiger partial charge on any atom is -0.507 e. The van der Waals surface area contributed by atoms with Crippen molar-refractivity contribution in [2.75, 3.05) is 0 Å². The topological polar surface area (TPSA) is 57.6 Å². The standard InChI is InChI=1S/C17H15NO3/c1-11(19)12-6-7-16(20)15(8-12)17(21)18-9-13-4-2-3-5-14(13)10-18/h2-8,20H,9-10H2,1H3. The maximum absolute atomic E-state index is 12.6. The van der Waals surface area contributed by atoms with Crippen LogP contribution in [0.3, 0.4) is 0 Å². The van der Waals surface area contributed by atoms with E-state index in [-0.39, 0.29) is 23.0 Å². The molecule has 2 aromatic carbocycles. The lowest BCUT2D eigenvalue weighted by atomic mass is 10.1. The molecule has 21 heavy (non-hydrogen) atoms. The molecule has 1 aliphatic heterocycles. The average Bonchev–Trinajstić information content (AvgIpc) is 2.90. The summed E-state index contributed by atoms with van der Waals surface area (Å²) >= 11 is 0. The summed E-state index contributed by atoms with van der Waals surface area (Å²) in [5.41, 5.74) is 2.84. The molecule has 2 aromatic rings. The van der Waals surface area contributed by atoms with Gasteiger partial charge in [0.15, 0.2) is 5.78 Å². The van der Waals surface area contributed by atoms with Crippen LogP contribution in [0.4, 0.5) is 0 Å². The Morgan fingerprint density at radius 1 is 1.05 bits per heavy atom. The first-order valence-corrected chi connectivity index (χ1v) is 6.76. The van der Waals surface area contributed by atoms with E-state index in [9.17, 15) is 14.7 Å². The number of carbonyl (C=O) groups is 2. The number of hydrogen-bond acceptors (Lipinski definition) is 3. The van der Waals surface area contributed by atoms with Crippen molar-refractivity contribution >= 4 is 11.7 Å². The first-order chi connectivity index (χ1) is 10.1. The van der Waals surface area contributed by atoms with E-state index in [1.165, 1.54) is 25.1 Å². The van der Waals surface area contributed by atoms with Crippen LogP contribution in [0.2, 0.25) is 0 Å². The molecule has 0 saturated heterocycles. The van der Waals surface area contributed by atoms with Gasteiger partial charge in [-0.3, -0.25) is 9.59 Å². The van der Waals surface area contributed by atoms with Crippen molar-refractivity contribution in [2.45, 2.75) is 20.0 Å². The number of ketones is 1. The van der Waals surface area contributed by atoms with Gasteiger partial charge in [0.1, 0.15) is 5.75 Å². The number of Topliss-reactive ketones (excluding diaryl/α,β-unsaturated/α-hetero) is 1. The molecule has 106 valence electrons. The monoisotopic (exact) mass is 281 g/mol. The fraction of sp³-hybridized carbons (Fsp3) is 0.176. The van der Waals surface area contributed by atoms with Gasteiger partial charge in [0.2, 0.25) is 0 Å². The Labute approximate surface area is 122 Å². The lowest BCUT2D eigenvalue weighted by Crippen LogP contribution is -2.25. The zero-order valence-electron chi connectivity index (χ0n) is 11.7. The lowest BCUT2D eigenvalue weighted by molar-refractivity contribution is 0.0748. The third kappa shape index (κ3) is 2.40. The molecular formula is C17H15NO3. The van der Waals surface area contributed by atoms with E-state index in [4.69, 9.17) is 0 Å². The second kappa shape index (κ2) is 5.05. The summed E-state index contributed by atoms with van der Waals surface area (Å²) in [6.07, 6.45) is 0. The fourth-order valence-electron chi connectivity index (χ4n) is 2.57. The second-order valence-corrected chi connectivity index (χ2v) is 5.22. The van der Waals surface area contributed by atoms with Gasteiger partial charge in [0, 0.05) is 18.7 Å². The summed E-state index contributed by atoms with van der Waals surface area (Å²) < 4.78 is 0. The molecule has 0 saturated carbocycles. The van der Waals surface area contributed by atoms with Gasteiger partial charge in [-0.2, -0.15) is 0 Å². The molecule has 1 N–H and O–H groups in total. The molecule has 0 radical (unpaired) electrons. The molecule has 0 atom stereocenters. The number of rotatable bonds is 2. The molecule has 3 rings (SSSR count). The van der Waals surface area contributed by atoms with Crippen LogP contribution >= 0.6 is 0 Å². The Balaban J connectivity index is 1.90. The van der Waals surface area contributed by atoms with Gasteiger partial charge in [-0.15, -0.1) is 0 Å². The predicted octanol–water partition coefficient (Wildman–Crippen LogP) is 2.75. The number of amides is 1. The molecule has 1 aliphatic rings. The van der Waals surface area contributed by atoms with Crippen molar-refractivity contribution in [1.82, 2.24) is 4.90 Å². The Morgan fingerprint density at radius 3 is 2.24 bits per heavy atom. The molecule has 0 aromatic heterocycles. The van der Waals surface area contributed by atoms with E-state index in [1.807, 2.05) is 24.3 Å². The van der Waals surface area contributed by atoms with Crippen molar-refractivity contribution in [1.29, 1.82) is 0 Å². The van der Waals surface area contributed by atoms with Crippen LogP contribution in [-0.2, 0) is 13.1 Å². The molecule has 0 spiro atoms. The smallest absolute Gasteiger partial charge is 0.258 e. The van der Waals surface area contributed by atoms with Crippen LogP contribution in [0.15, 0.2) is 42.5 Å². The molecule has 4 heteroatoms. The summed E-state index contributed by atoms with van der Waals surface area (Å²) in [7, 11) is 0. The number of hydrogen-bond donors (Lipinski definition) is 1. The van der Waals surface area contributed by atoms with Crippen LogP contribution in [0.5, 0.6) is 5.75 Å². The molecule has 0 unspecified atom stereocenters. The van der Waals surface area contributed by atoms with E-state index < -0.39 is 0 Å². The summed E-state index contributed by atoms with van der Waals surface area (Å²) in [5.74, 6) is -0.485. The summed E-state index contributed by atoms with van der Waals surface area (Å²) in [6, 6.07) is 12.3. The Bertz CT molecular complexity index is 712. The molecule has 4 nitrogen and oxygen atoms in total. The highest BCUT2D eigenvalue weighted by molar-refractivity contribution is 6.01. The minimum atomic E-state index is -0.258. The van der Waals surface area contributed by atoms with Gasteiger partial charge in [-0.05, 0) is 36.2 Å². The molecule has 0 bridgehead atoms. The van der Waals surface area contributed by atoms with Crippen LogP contribution in [0.1, 0.15) is 38.8 Å². The highest BCUT2D eigenvalue weighted by Gasteiger charge is 2.26. The highest BCUT2D eigenvalue weighted by Crippen LogP contribution is 2.27. The number of nitrogens with zero attached hydrogens (tertiary/aromatic N) is 1. The van der Waals surface area contributed by atoms with E-state index in [0.717, 1.165) is 11.1 Å². The molecule has 1 amide bonds. The first kappa shape index (κ1) is 13.4. The third-order valence-electron chi connectivity index (χ3n) is 3.76. The number of benzene rings is 2. The van der Waals surface area contributed by atoms with Crippen molar-refractivity contribution in [3.63, 3.8) is 0 Å². The highest BCUT2D eigenvalue weighted by atomic mass is 16.3. The van der Waals surface area contributed by atoms with Gasteiger partial charge in [0.05, 0.1) is 5.56 Å². The van der Waals surface area contributed by atoms with Crippen LogP contribution < -0.4 is 0 Å². The van der Waals surface area contributed by atoms with Crippen LogP contribution in [0, 0.1) is 0 Å². The number of phenolic OH excluding ortho intramolecular Hbond substituents is 1. The normalized spacial score (nSPS) is 13.1. The van der Waals surface area contributed by atoms with E-state index in [0.29, 0.717) is 18.7 Å². The zero-order valence-corrected chi connectivity index (χ0v) is 11.7. The Morgan fingerprint density at radius 2 is 1.67 bits per heavy atom. The minimum absolute atomic E-state index is 0.0963. The first-order valence-electron chi connectivity index (χ1n) is 6.76. The summed E-state index contributed by atoms with van der Waals surface area (Å²) in [4.78, 5) is 25.7. The fourth-order valence-corrected chi connectivity index (χ4v) is 2.57. The summed E-state index contributed by atoms with van der Waals surface area (Å²) in [5, 5.41) is 9.91.